The lowest BCUT2D eigenvalue weighted by molar-refractivity contribution is -0.199. The zero-order valence-electron chi connectivity index (χ0n) is 12.4. The summed E-state index contributed by atoms with van der Waals surface area (Å²) in [6.45, 7) is 4.22. The Morgan fingerprint density at radius 2 is 1.50 bits per heavy atom. The second kappa shape index (κ2) is 6.07. The number of halogens is 3. The largest absolute Gasteiger partial charge is 0.392 e. The van der Waals surface area contributed by atoms with Crippen molar-refractivity contribution in [3.63, 3.8) is 0 Å². The molecule has 2 rings (SSSR count). The van der Waals surface area contributed by atoms with Crippen molar-refractivity contribution < 1.29 is 18.0 Å². The molecule has 2 saturated carbocycles. The van der Waals surface area contributed by atoms with Crippen molar-refractivity contribution in [2.75, 3.05) is 0 Å². The van der Waals surface area contributed by atoms with Gasteiger partial charge in [-0.1, -0.05) is 26.7 Å². The molecule has 0 aromatic heterocycles. The lowest BCUT2D eigenvalue weighted by atomic mass is 9.68. The summed E-state index contributed by atoms with van der Waals surface area (Å²) in [5.41, 5.74) is 0. The summed E-state index contributed by atoms with van der Waals surface area (Å²) < 4.78 is 39.4. The molecule has 4 heteroatoms. The van der Waals surface area contributed by atoms with Crippen LogP contribution in [-0.2, 0) is 4.79 Å². The quantitative estimate of drug-likeness (QED) is 0.699. The highest BCUT2D eigenvalue weighted by molar-refractivity contribution is 5.84. The van der Waals surface area contributed by atoms with Crippen LogP contribution in [0.1, 0.15) is 58.8 Å². The van der Waals surface area contributed by atoms with Crippen LogP contribution in [0.4, 0.5) is 13.2 Å². The van der Waals surface area contributed by atoms with Crippen molar-refractivity contribution in [2.45, 2.75) is 65.0 Å². The summed E-state index contributed by atoms with van der Waals surface area (Å²) in [7, 11) is 0. The Balaban J connectivity index is 2.09. The Labute approximate surface area is 119 Å². The first-order chi connectivity index (χ1) is 9.29. The van der Waals surface area contributed by atoms with Crippen LogP contribution in [0.3, 0.4) is 0 Å². The standard InChI is InChI=1S/C16H25F3O/c1-10-7-11(2)9-12(8-10)15(20)13-5-3-4-6-14(13)16(17,18)19/h10-14H,3-9H2,1-2H3. The average Bonchev–Trinajstić information content (AvgIpc) is 2.35. The fraction of sp³-hybridized carbons (Fsp3) is 0.938. The molecule has 0 N–H and O–H groups in total. The van der Waals surface area contributed by atoms with E-state index in [1.165, 1.54) is 0 Å². The van der Waals surface area contributed by atoms with E-state index in [9.17, 15) is 18.0 Å². The molecule has 0 radical (unpaired) electrons. The van der Waals surface area contributed by atoms with Crippen molar-refractivity contribution in [2.24, 2.45) is 29.6 Å². The highest BCUT2D eigenvalue weighted by Gasteiger charge is 2.49. The third-order valence-corrected chi connectivity index (χ3v) is 5.13. The molecule has 0 aliphatic heterocycles. The van der Waals surface area contributed by atoms with Gasteiger partial charge in [-0.2, -0.15) is 13.2 Å². The second-order valence-corrected chi connectivity index (χ2v) is 7.06. The molecule has 0 spiro atoms. The van der Waals surface area contributed by atoms with E-state index in [1.54, 1.807) is 0 Å². The maximum Gasteiger partial charge on any atom is 0.392 e. The molecule has 0 heterocycles. The van der Waals surface area contributed by atoms with Crippen LogP contribution in [0.5, 0.6) is 0 Å². The zero-order valence-corrected chi connectivity index (χ0v) is 12.4. The van der Waals surface area contributed by atoms with Gasteiger partial charge < -0.3 is 0 Å². The number of carbonyl (C=O) groups excluding carboxylic acids is 1. The first-order valence-electron chi connectivity index (χ1n) is 7.89. The summed E-state index contributed by atoms with van der Waals surface area (Å²) in [4.78, 5) is 12.6. The first-order valence-corrected chi connectivity index (χ1v) is 7.89. The van der Waals surface area contributed by atoms with E-state index < -0.39 is 18.0 Å². The molecule has 0 aromatic rings. The number of hydrogen-bond acceptors (Lipinski definition) is 1. The Bertz CT molecular complexity index is 340. The molecule has 116 valence electrons. The fourth-order valence-corrected chi connectivity index (χ4v) is 4.35. The van der Waals surface area contributed by atoms with E-state index in [2.05, 4.69) is 13.8 Å². The molecule has 2 fully saturated rings. The van der Waals surface area contributed by atoms with Crippen molar-refractivity contribution in [3.8, 4) is 0 Å². The van der Waals surface area contributed by atoms with E-state index in [-0.39, 0.29) is 18.1 Å². The van der Waals surface area contributed by atoms with E-state index in [4.69, 9.17) is 0 Å². The number of alkyl halides is 3. The second-order valence-electron chi connectivity index (χ2n) is 7.06. The van der Waals surface area contributed by atoms with Crippen molar-refractivity contribution >= 4 is 5.78 Å². The molecule has 0 aromatic carbocycles. The molecule has 2 aliphatic carbocycles. The lowest BCUT2D eigenvalue weighted by Gasteiger charge is -2.37. The smallest absolute Gasteiger partial charge is 0.299 e. The van der Waals surface area contributed by atoms with Gasteiger partial charge in [0.05, 0.1) is 5.92 Å². The Hall–Kier alpha value is -0.540. The maximum atomic E-state index is 13.1. The van der Waals surface area contributed by atoms with Gasteiger partial charge in [-0.25, -0.2) is 0 Å². The SMILES string of the molecule is CC1CC(C)CC(C(=O)C2CCCCC2C(F)(F)F)C1. The van der Waals surface area contributed by atoms with Crippen LogP contribution >= 0.6 is 0 Å². The molecule has 20 heavy (non-hydrogen) atoms. The van der Waals surface area contributed by atoms with Crippen LogP contribution in [0, 0.1) is 29.6 Å². The van der Waals surface area contributed by atoms with Crippen LogP contribution in [0.2, 0.25) is 0 Å². The number of Topliss-reactive ketones (excluding diaryl/α,β-unsaturated/α-hetero) is 1. The fourth-order valence-electron chi connectivity index (χ4n) is 4.35. The minimum atomic E-state index is -4.22. The number of rotatable bonds is 2. The third kappa shape index (κ3) is 3.56. The molecule has 4 unspecified atom stereocenters. The zero-order chi connectivity index (χ0) is 14.9. The average molecular weight is 290 g/mol. The molecule has 2 aliphatic rings. The van der Waals surface area contributed by atoms with Gasteiger partial charge in [0.25, 0.3) is 0 Å². The highest BCUT2D eigenvalue weighted by Crippen LogP contribution is 2.45. The Morgan fingerprint density at radius 1 is 0.950 bits per heavy atom. The summed E-state index contributed by atoms with van der Waals surface area (Å²) in [6.07, 6.45) is 0.380. The van der Waals surface area contributed by atoms with E-state index in [1.807, 2.05) is 0 Å². The van der Waals surface area contributed by atoms with Crippen molar-refractivity contribution in [3.05, 3.63) is 0 Å². The van der Waals surface area contributed by atoms with Gasteiger partial charge in [0, 0.05) is 11.8 Å². The first kappa shape index (κ1) is 15.8. The lowest BCUT2D eigenvalue weighted by Crippen LogP contribution is -2.41. The highest BCUT2D eigenvalue weighted by atomic mass is 19.4. The van der Waals surface area contributed by atoms with Crippen LogP contribution in [0.25, 0.3) is 0 Å². The van der Waals surface area contributed by atoms with E-state index in [0.29, 0.717) is 24.7 Å². The molecule has 0 bridgehead atoms. The Kier molecular flexibility index (Phi) is 4.80. The van der Waals surface area contributed by atoms with Crippen molar-refractivity contribution in [1.29, 1.82) is 0 Å². The molecule has 0 amide bonds. The maximum absolute atomic E-state index is 13.1. The number of ketones is 1. The monoisotopic (exact) mass is 290 g/mol. The minimum absolute atomic E-state index is 0.0922. The summed E-state index contributed by atoms with van der Waals surface area (Å²) in [6, 6.07) is 0. The van der Waals surface area contributed by atoms with Gasteiger partial charge in [-0.05, 0) is 43.9 Å². The van der Waals surface area contributed by atoms with Gasteiger partial charge in [-0.15, -0.1) is 0 Å². The predicted octanol–water partition coefficient (Wildman–Crippen LogP) is 5.00. The summed E-state index contributed by atoms with van der Waals surface area (Å²) in [5.74, 6) is -1.48. The molecule has 0 saturated heterocycles. The van der Waals surface area contributed by atoms with Gasteiger partial charge in [0.2, 0.25) is 0 Å². The van der Waals surface area contributed by atoms with E-state index >= 15 is 0 Å². The van der Waals surface area contributed by atoms with Gasteiger partial charge in [-0.3, -0.25) is 4.79 Å². The summed E-state index contributed by atoms with van der Waals surface area (Å²) >= 11 is 0. The normalized spacial score (nSPS) is 39.5. The van der Waals surface area contributed by atoms with Gasteiger partial charge >= 0.3 is 6.18 Å². The van der Waals surface area contributed by atoms with Gasteiger partial charge in [0.15, 0.2) is 0 Å². The van der Waals surface area contributed by atoms with Crippen LogP contribution in [-0.4, -0.2) is 12.0 Å². The van der Waals surface area contributed by atoms with Crippen LogP contribution < -0.4 is 0 Å². The number of carbonyl (C=O) groups is 1. The molecular formula is C16H25F3O. The molecule has 4 atom stereocenters. The Morgan fingerprint density at radius 3 is 2.05 bits per heavy atom. The minimum Gasteiger partial charge on any atom is -0.299 e. The van der Waals surface area contributed by atoms with Crippen molar-refractivity contribution in [1.82, 2.24) is 0 Å². The molecule has 1 nitrogen and oxygen atoms in total. The number of hydrogen-bond donors (Lipinski definition) is 0. The van der Waals surface area contributed by atoms with E-state index in [0.717, 1.165) is 25.7 Å². The third-order valence-electron chi connectivity index (χ3n) is 5.13. The van der Waals surface area contributed by atoms with Gasteiger partial charge in [0.1, 0.15) is 5.78 Å². The topological polar surface area (TPSA) is 17.1 Å². The molecular weight excluding hydrogens is 265 g/mol. The summed E-state index contributed by atoms with van der Waals surface area (Å²) in [5, 5.41) is 0. The predicted molar refractivity (Wildman–Crippen MR) is 72.2 cm³/mol. The van der Waals surface area contributed by atoms with Crippen LogP contribution in [0.15, 0.2) is 0 Å².